The number of nitrogens with one attached hydrogen (secondary N) is 1. The van der Waals surface area contributed by atoms with Gasteiger partial charge in [0.2, 0.25) is 5.91 Å². The van der Waals surface area contributed by atoms with Crippen molar-refractivity contribution in [2.75, 3.05) is 7.11 Å². The van der Waals surface area contributed by atoms with Crippen molar-refractivity contribution in [2.45, 2.75) is 64.2 Å². The van der Waals surface area contributed by atoms with Crippen molar-refractivity contribution in [3.63, 3.8) is 0 Å². The molecule has 21 heavy (non-hydrogen) atoms. The van der Waals surface area contributed by atoms with Crippen LogP contribution in [0.15, 0.2) is 0 Å². The average Bonchev–Trinajstić information content (AvgIpc) is 3.19. The first-order chi connectivity index (χ1) is 9.58. The van der Waals surface area contributed by atoms with E-state index in [0.717, 1.165) is 12.8 Å². The minimum Gasteiger partial charge on any atom is -0.467 e. The molecule has 0 aliphatic heterocycles. The highest BCUT2D eigenvalue weighted by molar-refractivity contribution is 6.87. The van der Waals surface area contributed by atoms with Gasteiger partial charge in [0, 0.05) is 12.3 Å². The summed E-state index contributed by atoms with van der Waals surface area (Å²) < 4.78 is 4.75. The maximum Gasteiger partial charge on any atom is 0.329 e. The molecule has 0 aromatic carbocycles. The maximum atomic E-state index is 11.8. The van der Waals surface area contributed by atoms with Crippen LogP contribution in [0.5, 0.6) is 0 Å². The lowest BCUT2D eigenvalue weighted by Crippen LogP contribution is -2.42. The number of hydrogen-bond donors (Lipinski definition) is 1. The molecule has 0 heterocycles. The molecular formula is C16H27NO3Si. The molecule has 0 radical (unpaired) electrons. The van der Waals surface area contributed by atoms with E-state index in [1.54, 1.807) is 0 Å². The molecule has 118 valence electrons. The summed E-state index contributed by atoms with van der Waals surface area (Å²) in [6.07, 6.45) is 2.14. The number of carbonyl (C=O) groups is 2. The Hall–Kier alpha value is -1.28. The monoisotopic (exact) mass is 309 g/mol. The number of methoxy groups -OCH3 is 1. The summed E-state index contributed by atoms with van der Waals surface area (Å²) in [5.41, 5.74) is 3.36. The summed E-state index contributed by atoms with van der Waals surface area (Å²) in [6.45, 7) is 11.0. The van der Waals surface area contributed by atoms with Crippen molar-refractivity contribution in [3.05, 3.63) is 0 Å². The molecule has 1 atom stereocenters. The molecule has 0 aromatic heterocycles. The number of rotatable bonds is 4. The van der Waals surface area contributed by atoms with Gasteiger partial charge in [0.05, 0.1) is 7.11 Å². The summed E-state index contributed by atoms with van der Waals surface area (Å²) in [5.74, 6) is 2.70. The fraction of sp³-hybridized carbons (Fsp3) is 0.750. The quantitative estimate of drug-likeness (QED) is 0.493. The molecule has 1 fully saturated rings. The predicted octanol–water partition coefficient (Wildman–Crippen LogP) is 2.50. The summed E-state index contributed by atoms with van der Waals surface area (Å²) >= 11 is 0. The fourth-order valence-electron chi connectivity index (χ4n) is 1.53. The summed E-state index contributed by atoms with van der Waals surface area (Å²) in [7, 11) is -0.359. The Morgan fingerprint density at radius 1 is 1.33 bits per heavy atom. The van der Waals surface area contributed by atoms with Crippen molar-refractivity contribution < 1.29 is 14.3 Å². The van der Waals surface area contributed by atoms with Crippen LogP contribution in [0.2, 0.25) is 18.1 Å². The molecule has 4 nitrogen and oxygen atoms in total. The smallest absolute Gasteiger partial charge is 0.329 e. The highest BCUT2D eigenvalue weighted by Crippen LogP contribution is 2.35. The normalized spacial score (nSPS) is 16.5. The molecule has 0 unspecified atom stereocenters. The van der Waals surface area contributed by atoms with Crippen LogP contribution in [0.25, 0.3) is 0 Å². The van der Waals surface area contributed by atoms with E-state index in [-0.39, 0.29) is 16.9 Å². The largest absolute Gasteiger partial charge is 0.467 e. The number of carbonyl (C=O) groups excluding carboxylic acids is 2. The molecule has 0 bridgehead atoms. The Morgan fingerprint density at radius 3 is 2.33 bits per heavy atom. The molecule has 1 saturated carbocycles. The molecule has 1 N–H and O–H groups in total. The van der Waals surface area contributed by atoms with Gasteiger partial charge < -0.3 is 10.1 Å². The Balaban J connectivity index is 2.69. The first kappa shape index (κ1) is 17.8. The van der Waals surface area contributed by atoms with Gasteiger partial charge in [-0.3, -0.25) is 4.79 Å². The van der Waals surface area contributed by atoms with E-state index in [4.69, 9.17) is 4.74 Å². The van der Waals surface area contributed by atoms with Gasteiger partial charge in [-0.1, -0.05) is 33.9 Å². The van der Waals surface area contributed by atoms with Gasteiger partial charge in [0.25, 0.3) is 0 Å². The van der Waals surface area contributed by atoms with Crippen molar-refractivity contribution in [1.29, 1.82) is 0 Å². The highest BCUT2D eigenvalue weighted by Gasteiger charge is 2.34. The third-order valence-corrected chi connectivity index (χ3v) is 8.88. The van der Waals surface area contributed by atoms with Crippen LogP contribution in [-0.4, -0.2) is 33.1 Å². The van der Waals surface area contributed by atoms with E-state index < -0.39 is 20.1 Å². The average molecular weight is 309 g/mol. The van der Waals surface area contributed by atoms with Gasteiger partial charge in [0.1, 0.15) is 14.1 Å². The zero-order chi connectivity index (χ0) is 16.3. The van der Waals surface area contributed by atoms with Crippen LogP contribution in [0.1, 0.15) is 40.0 Å². The second-order valence-electron chi connectivity index (χ2n) is 7.24. The minimum absolute atomic E-state index is 0.0560. The van der Waals surface area contributed by atoms with Gasteiger partial charge in [-0.05, 0) is 17.9 Å². The van der Waals surface area contributed by atoms with Crippen LogP contribution in [0.4, 0.5) is 0 Å². The van der Waals surface area contributed by atoms with Crippen LogP contribution in [-0.2, 0) is 14.3 Å². The Bertz CT molecular complexity index is 464. The lowest BCUT2D eigenvalue weighted by atomic mass is 10.2. The second-order valence-corrected chi connectivity index (χ2v) is 12.2. The summed E-state index contributed by atoms with van der Waals surface area (Å²) in [5, 5.41) is 2.93. The molecule has 0 aromatic rings. The zero-order valence-electron chi connectivity index (χ0n) is 14.0. The molecule has 0 saturated heterocycles. The Kier molecular flexibility index (Phi) is 5.63. The maximum absolute atomic E-state index is 11.8. The van der Waals surface area contributed by atoms with Crippen LogP contribution in [0.3, 0.4) is 0 Å². The molecule has 5 heteroatoms. The topological polar surface area (TPSA) is 55.4 Å². The first-order valence-corrected chi connectivity index (χ1v) is 10.5. The van der Waals surface area contributed by atoms with E-state index in [9.17, 15) is 9.59 Å². The predicted molar refractivity (Wildman–Crippen MR) is 86.3 cm³/mol. The van der Waals surface area contributed by atoms with Gasteiger partial charge in [-0.2, -0.15) is 0 Å². The third-order valence-electron chi connectivity index (χ3n) is 4.33. The second kappa shape index (κ2) is 6.65. The lowest BCUT2D eigenvalue weighted by Gasteiger charge is -2.31. The van der Waals surface area contributed by atoms with Gasteiger partial charge in [0.15, 0.2) is 0 Å². The zero-order valence-corrected chi connectivity index (χ0v) is 15.0. The molecular weight excluding hydrogens is 282 g/mol. The highest BCUT2D eigenvalue weighted by atomic mass is 28.3. The van der Waals surface area contributed by atoms with E-state index in [1.165, 1.54) is 7.11 Å². The number of esters is 1. The Morgan fingerprint density at radius 2 is 1.90 bits per heavy atom. The fourth-order valence-corrected chi connectivity index (χ4v) is 2.45. The van der Waals surface area contributed by atoms with Crippen molar-refractivity contribution in [2.24, 2.45) is 5.92 Å². The molecule has 0 spiro atoms. The summed E-state index contributed by atoms with van der Waals surface area (Å²) in [6, 6.07) is -0.652. The van der Waals surface area contributed by atoms with Gasteiger partial charge >= 0.3 is 5.97 Å². The van der Waals surface area contributed by atoms with E-state index in [2.05, 4.69) is 50.6 Å². The van der Waals surface area contributed by atoms with Gasteiger partial charge in [-0.25, -0.2) is 4.79 Å². The first-order valence-electron chi connectivity index (χ1n) is 7.46. The minimum atomic E-state index is -1.69. The molecule has 1 aliphatic rings. The third kappa shape index (κ3) is 5.20. The van der Waals surface area contributed by atoms with E-state index >= 15 is 0 Å². The Labute approximate surface area is 129 Å². The number of ether oxygens (including phenoxy) is 1. The summed E-state index contributed by atoms with van der Waals surface area (Å²) in [4.78, 5) is 23.5. The van der Waals surface area contributed by atoms with Crippen molar-refractivity contribution >= 4 is 20.0 Å². The SMILES string of the molecule is COC(=O)[C@H](CC#C[Si](C)(C)C(C)(C)C)NC(=O)C1CC1. The van der Waals surface area contributed by atoms with E-state index in [0.29, 0.717) is 6.42 Å². The van der Waals surface area contributed by atoms with Gasteiger partial charge in [-0.15, -0.1) is 11.5 Å². The van der Waals surface area contributed by atoms with Crippen LogP contribution >= 0.6 is 0 Å². The number of amides is 1. The lowest BCUT2D eigenvalue weighted by molar-refractivity contribution is -0.145. The van der Waals surface area contributed by atoms with Crippen molar-refractivity contribution in [1.82, 2.24) is 5.32 Å². The van der Waals surface area contributed by atoms with E-state index in [1.807, 2.05) is 0 Å². The standard InChI is InChI=1S/C16H27NO3Si/c1-16(2,3)21(5,6)11-7-8-13(15(19)20-4)17-14(18)12-9-10-12/h12-13H,8-10H2,1-6H3,(H,17,18)/t13-/m0/s1. The number of hydrogen-bond acceptors (Lipinski definition) is 3. The molecule has 1 aliphatic carbocycles. The van der Waals surface area contributed by atoms with Crippen LogP contribution in [0, 0.1) is 17.4 Å². The van der Waals surface area contributed by atoms with Crippen molar-refractivity contribution in [3.8, 4) is 11.5 Å². The molecule has 1 amide bonds. The van der Waals surface area contributed by atoms with Crippen LogP contribution < -0.4 is 5.32 Å². The molecule has 1 rings (SSSR count).